The van der Waals surface area contributed by atoms with E-state index in [-0.39, 0.29) is 0 Å². The minimum Gasteiger partial charge on any atom is -0.311 e. The molecule has 0 spiro atoms. The molecule has 3 aromatic rings. The van der Waals surface area contributed by atoms with Crippen molar-refractivity contribution in [1.82, 2.24) is 20.3 Å². The van der Waals surface area contributed by atoms with Crippen molar-refractivity contribution >= 4 is 10.9 Å². The number of rotatable bonds is 5. The topological polar surface area (TPSA) is 50.7 Å². The Hall–Kier alpha value is -2.33. The fraction of sp³-hybridized carbons (Fsp3) is 0.235. The van der Waals surface area contributed by atoms with Crippen LogP contribution in [0.15, 0.2) is 48.8 Å². The van der Waals surface area contributed by atoms with Gasteiger partial charge < -0.3 is 5.32 Å². The number of pyridine rings is 1. The SMILES string of the molecule is CCCNCc1ccnc(-c2ccc3ncccc3c2)n1. The highest BCUT2D eigenvalue weighted by molar-refractivity contribution is 5.82. The molecule has 0 amide bonds. The van der Waals surface area contributed by atoms with Crippen LogP contribution in [0.5, 0.6) is 0 Å². The molecule has 0 saturated carbocycles. The third-order valence-corrected chi connectivity index (χ3v) is 3.31. The second kappa shape index (κ2) is 6.41. The summed E-state index contributed by atoms with van der Waals surface area (Å²) < 4.78 is 0. The van der Waals surface area contributed by atoms with Crippen LogP contribution in [-0.2, 0) is 6.54 Å². The van der Waals surface area contributed by atoms with Gasteiger partial charge in [0.2, 0.25) is 0 Å². The molecule has 0 atom stereocenters. The van der Waals surface area contributed by atoms with Crippen LogP contribution in [0.1, 0.15) is 19.0 Å². The first-order valence-corrected chi connectivity index (χ1v) is 7.24. The Bertz CT molecular complexity index is 739. The standard InChI is InChI=1S/C17H18N4/c1-2-8-18-12-15-7-10-20-17(21-15)14-5-6-16-13(11-14)4-3-9-19-16/h3-7,9-11,18H,2,8,12H2,1H3. The molecule has 0 saturated heterocycles. The summed E-state index contributed by atoms with van der Waals surface area (Å²) in [5, 5.41) is 4.46. The largest absolute Gasteiger partial charge is 0.311 e. The van der Waals surface area contributed by atoms with E-state index in [4.69, 9.17) is 0 Å². The zero-order valence-corrected chi connectivity index (χ0v) is 12.1. The predicted octanol–water partition coefficient (Wildman–Crippen LogP) is 3.19. The van der Waals surface area contributed by atoms with E-state index in [1.165, 1.54) is 0 Å². The fourth-order valence-electron chi connectivity index (χ4n) is 2.24. The number of nitrogens with one attached hydrogen (secondary N) is 1. The van der Waals surface area contributed by atoms with E-state index in [9.17, 15) is 0 Å². The zero-order valence-electron chi connectivity index (χ0n) is 12.1. The maximum atomic E-state index is 4.63. The number of fused-ring (bicyclic) bond motifs is 1. The molecule has 4 nitrogen and oxygen atoms in total. The Kier molecular flexibility index (Phi) is 4.17. The van der Waals surface area contributed by atoms with Crippen LogP contribution in [0.3, 0.4) is 0 Å². The minimum atomic E-state index is 0.761. The Morgan fingerprint density at radius 1 is 1.05 bits per heavy atom. The van der Waals surface area contributed by atoms with Crippen LogP contribution in [-0.4, -0.2) is 21.5 Å². The molecular formula is C17H18N4. The van der Waals surface area contributed by atoms with Crippen LogP contribution in [0.4, 0.5) is 0 Å². The lowest BCUT2D eigenvalue weighted by Gasteiger charge is -2.06. The summed E-state index contributed by atoms with van der Waals surface area (Å²) in [4.78, 5) is 13.3. The molecule has 0 unspecified atom stereocenters. The maximum Gasteiger partial charge on any atom is 0.159 e. The Morgan fingerprint density at radius 3 is 2.90 bits per heavy atom. The van der Waals surface area contributed by atoms with Gasteiger partial charge in [0.05, 0.1) is 11.2 Å². The fourth-order valence-corrected chi connectivity index (χ4v) is 2.24. The average molecular weight is 278 g/mol. The normalized spacial score (nSPS) is 10.9. The summed E-state index contributed by atoms with van der Waals surface area (Å²) in [5.74, 6) is 0.761. The molecule has 0 aliphatic carbocycles. The number of hydrogen-bond acceptors (Lipinski definition) is 4. The van der Waals surface area contributed by atoms with Crippen LogP contribution < -0.4 is 5.32 Å². The van der Waals surface area contributed by atoms with E-state index < -0.39 is 0 Å². The summed E-state index contributed by atoms with van der Waals surface area (Å²) >= 11 is 0. The second-order valence-electron chi connectivity index (χ2n) is 4.96. The first kappa shape index (κ1) is 13.6. The van der Waals surface area contributed by atoms with E-state index in [1.807, 2.05) is 30.5 Å². The Morgan fingerprint density at radius 2 is 2.00 bits per heavy atom. The molecule has 0 aliphatic rings. The summed E-state index contributed by atoms with van der Waals surface area (Å²) in [6, 6.07) is 12.1. The smallest absolute Gasteiger partial charge is 0.159 e. The molecule has 1 aromatic carbocycles. The summed E-state index contributed by atoms with van der Waals surface area (Å²) in [6.07, 6.45) is 4.74. The zero-order chi connectivity index (χ0) is 14.5. The molecule has 3 rings (SSSR count). The summed E-state index contributed by atoms with van der Waals surface area (Å²) in [7, 11) is 0. The first-order valence-electron chi connectivity index (χ1n) is 7.24. The first-order chi connectivity index (χ1) is 10.4. The molecular weight excluding hydrogens is 260 g/mol. The van der Waals surface area contributed by atoms with Gasteiger partial charge in [-0.05, 0) is 43.3 Å². The van der Waals surface area contributed by atoms with Gasteiger partial charge in [0.25, 0.3) is 0 Å². The lowest BCUT2D eigenvalue weighted by atomic mass is 10.1. The lowest BCUT2D eigenvalue weighted by Crippen LogP contribution is -2.15. The highest BCUT2D eigenvalue weighted by Crippen LogP contribution is 2.20. The quantitative estimate of drug-likeness (QED) is 0.728. The number of benzene rings is 1. The van der Waals surface area contributed by atoms with E-state index in [0.717, 1.165) is 47.5 Å². The van der Waals surface area contributed by atoms with Crippen molar-refractivity contribution in [3.63, 3.8) is 0 Å². The van der Waals surface area contributed by atoms with E-state index >= 15 is 0 Å². The molecule has 0 bridgehead atoms. The van der Waals surface area contributed by atoms with E-state index in [2.05, 4.69) is 39.3 Å². The summed E-state index contributed by atoms with van der Waals surface area (Å²) in [6.45, 7) is 3.93. The van der Waals surface area contributed by atoms with Crippen molar-refractivity contribution in [3.8, 4) is 11.4 Å². The van der Waals surface area contributed by atoms with Gasteiger partial charge in [-0.1, -0.05) is 13.0 Å². The van der Waals surface area contributed by atoms with E-state index in [1.54, 1.807) is 6.20 Å². The average Bonchev–Trinajstić information content (AvgIpc) is 2.55. The molecule has 4 heteroatoms. The van der Waals surface area contributed by atoms with Gasteiger partial charge >= 0.3 is 0 Å². The molecule has 1 N–H and O–H groups in total. The van der Waals surface area contributed by atoms with Gasteiger partial charge in [-0.15, -0.1) is 0 Å². The number of nitrogens with zero attached hydrogens (tertiary/aromatic N) is 3. The lowest BCUT2D eigenvalue weighted by molar-refractivity contribution is 0.663. The van der Waals surface area contributed by atoms with Crippen molar-refractivity contribution in [2.45, 2.75) is 19.9 Å². The molecule has 106 valence electrons. The third kappa shape index (κ3) is 3.23. The van der Waals surface area contributed by atoms with Gasteiger partial charge in [-0.2, -0.15) is 0 Å². The third-order valence-electron chi connectivity index (χ3n) is 3.31. The highest BCUT2D eigenvalue weighted by Gasteiger charge is 2.04. The molecule has 0 fully saturated rings. The van der Waals surface area contributed by atoms with E-state index in [0.29, 0.717) is 0 Å². The highest BCUT2D eigenvalue weighted by atomic mass is 14.9. The van der Waals surface area contributed by atoms with Gasteiger partial charge in [-0.25, -0.2) is 9.97 Å². The molecule has 0 radical (unpaired) electrons. The van der Waals surface area contributed by atoms with Crippen molar-refractivity contribution in [1.29, 1.82) is 0 Å². The van der Waals surface area contributed by atoms with Crippen molar-refractivity contribution in [2.24, 2.45) is 0 Å². The van der Waals surface area contributed by atoms with Crippen LogP contribution in [0.2, 0.25) is 0 Å². The van der Waals surface area contributed by atoms with Gasteiger partial charge in [0.15, 0.2) is 5.82 Å². The van der Waals surface area contributed by atoms with Crippen LogP contribution in [0.25, 0.3) is 22.3 Å². The number of aromatic nitrogens is 3. The van der Waals surface area contributed by atoms with Crippen molar-refractivity contribution in [3.05, 3.63) is 54.5 Å². The van der Waals surface area contributed by atoms with Crippen LogP contribution >= 0.6 is 0 Å². The van der Waals surface area contributed by atoms with Crippen molar-refractivity contribution < 1.29 is 0 Å². The molecule has 0 aliphatic heterocycles. The minimum absolute atomic E-state index is 0.761. The monoisotopic (exact) mass is 278 g/mol. The van der Waals surface area contributed by atoms with Crippen molar-refractivity contribution in [2.75, 3.05) is 6.54 Å². The van der Waals surface area contributed by atoms with Crippen LogP contribution in [0, 0.1) is 0 Å². The predicted molar refractivity (Wildman–Crippen MR) is 84.8 cm³/mol. The molecule has 2 heterocycles. The molecule has 2 aromatic heterocycles. The number of hydrogen-bond donors (Lipinski definition) is 1. The second-order valence-corrected chi connectivity index (χ2v) is 4.96. The Labute approximate surface area is 124 Å². The maximum absolute atomic E-state index is 4.63. The molecule has 21 heavy (non-hydrogen) atoms. The Balaban J connectivity index is 1.89. The van der Waals surface area contributed by atoms with Gasteiger partial charge in [0, 0.05) is 29.9 Å². The van der Waals surface area contributed by atoms with Gasteiger partial charge in [-0.3, -0.25) is 4.98 Å². The van der Waals surface area contributed by atoms with Gasteiger partial charge in [0.1, 0.15) is 0 Å². The summed E-state index contributed by atoms with van der Waals surface area (Å²) in [5.41, 5.74) is 3.02.